The first-order chi connectivity index (χ1) is 10.1. The van der Waals surface area contributed by atoms with E-state index in [1.165, 1.54) is 0 Å². The molecule has 5 heteroatoms. The largest absolute Gasteiger partial charge is 0.489 e. The highest BCUT2D eigenvalue weighted by molar-refractivity contribution is 6.30. The Morgan fingerprint density at radius 2 is 1.86 bits per heavy atom. The van der Waals surface area contributed by atoms with Gasteiger partial charge in [-0.1, -0.05) is 29.8 Å². The zero-order valence-corrected chi connectivity index (χ0v) is 12.5. The van der Waals surface area contributed by atoms with Crippen molar-refractivity contribution in [2.75, 3.05) is 11.9 Å². The van der Waals surface area contributed by atoms with Crippen LogP contribution in [0.15, 0.2) is 59.6 Å². The molecule has 4 nitrogen and oxygen atoms in total. The van der Waals surface area contributed by atoms with Gasteiger partial charge in [-0.2, -0.15) is 0 Å². The number of halogens is 1. The molecule has 0 heterocycles. The van der Waals surface area contributed by atoms with Gasteiger partial charge in [0.25, 0.3) is 0 Å². The van der Waals surface area contributed by atoms with E-state index in [9.17, 15) is 0 Å². The smallest absolute Gasteiger partial charge is 0.193 e. The molecule has 2 rings (SSSR count). The number of hydrogen-bond acceptors (Lipinski definition) is 2. The van der Waals surface area contributed by atoms with Crippen LogP contribution in [0, 0.1) is 0 Å². The van der Waals surface area contributed by atoms with Crippen LogP contribution in [-0.2, 0) is 0 Å². The molecular formula is C16H18ClN3O. The molecule has 0 radical (unpaired) electrons. The number of benzene rings is 2. The molecule has 0 aromatic heterocycles. The van der Waals surface area contributed by atoms with E-state index in [0.717, 1.165) is 11.4 Å². The number of rotatable bonds is 5. The van der Waals surface area contributed by atoms with Crippen molar-refractivity contribution in [1.29, 1.82) is 0 Å². The van der Waals surface area contributed by atoms with Gasteiger partial charge in [0, 0.05) is 10.7 Å². The number of nitrogens with one attached hydrogen (secondary N) is 1. The van der Waals surface area contributed by atoms with Gasteiger partial charge in [-0.15, -0.1) is 0 Å². The predicted octanol–water partition coefficient (Wildman–Crippen LogP) is 3.53. The highest BCUT2D eigenvalue weighted by atomic mass is 35.5. The number of guanidine groups is 1. The average molecular weight is 304 g/mol. The summed E-state index contributed by atoms with van der Waals surface area (Å²) in [6.07, 6.45) is -0.0812. The lowest BCUT2D eigenvalue weighted by Gasteiger charge is -2.13. The highest BCUT2D eigenvalue weighted by Crippen LogP contribution is 2.16. The van der Waals surface area contributed by atoms with Crippen LogP contribution in [0.5, 0.6) is 5.75 Å². The number of nitrogens with two attached hydrogens (primary N) is 1. The van der Waals surface area contributed by atoms with Crippen molar-refractivity contribution in [2.24, 2.45) is 10.7 Å². The molecule has 0 aliphatic carbocycles. The fourth-order valence-corrected chi connectivity index (χ4v) is 1.84. The summed E-state index contributed by atoms with van der Waals surface area (Å²) in [7, 11) is 0. The topological polar surface area (TPSA) is 59.6 Å². The third kappa shape index (κ3) is 5.36. The van der Waals surface area contributed by atoms with Gasteiger partial charge in [-0.3, -0.25) is 0 Å². The van der Waals surface area contributed by atoms with Crippen molar-refractivity contribution < 1.29 is 4.74 Å². The normalized spacial score (nSPS) is 12.8. The van der Waals surface area contributed by atoms with Gasteiger partial charge in [0.05, 0.1) is 6.54 Å². The van der Waals surface area contributed by atoms with Crippen molar-refractivity contribution in [3.8, 4) is 5.75 Å². The monoisotopic (exact) mass is 303 g/mol. The maximum Gasteiger partial charge on any atom is 0.193 e. The molecule has 0 saturated heterocycles. The van der Waals surface area contributed by atoms with E-state index in [4.69, 9.17) is 22.1 Å². The Hall–Kier alpha value is -2.20. The summed E-state index contributed by atoms with van der Waals surface area (Å²) >= 11 is 5.83. The van der Waals surface area contributed by atoms with Crippen LogP contribution in [-0.4, -0.2) is 18.6 Å². The maximum atomic E-state index is 5.83. The molecule has 0 bridgehead atoms. The van der Waals surface area contributed by atoms with E-state index in [0.29, 0.717) is 17.5 Å². The van der Waals surface area contributed by atoms with E-state index in [2.05, 4.69) is 10.3 Å². The molecule has 1 atom stereocenters. The zero-order valence-electron chi connectivity index (χ0n) is 11.8. The summed E-state index contributed by atoms with van der Waals surface area (Å²) in [4.78, 5) is 4.27. The van der Waals surface area contributed by atoms with Crippen LogP contribution in [0.25, 0.3) is 0 Å². The molecule has 0 spiro atoms. The van der Waals surface area contributed by atoms with Gasteiger partial charge in [-0.05, 0) is 43.3 Å². The average Bonchev–Trinajstić information content (AvgIpc) is 2.49. The van der Waals surface area contributed by atoms with Gasteiger partial charge in [0.2, 0.25) is 0 Å². The highest BCUT2D eigenvalue weighted by Gasteiger charge is 2.03. The standard InChI is InChI=1S/C16H18ClN3O/c1-12(21-15-9-7-13(17)8-10-15)11-19-16(18)20-14-5-3-2-4-6-14/h2-10,12H,11H2,1H3,(H3,18,19,20). The second kappa shape index (κ2) is 7.55. The molecule has 110 valence electrons. The number of nitrogens with zero attached hydrogens (tertiary/aromatic N) is 1. The van der Waals surface area contributed by atoms with Crippen LogP contribution in [0.4, 0.5) is 5.69 Å². The molecule has 0 aliphatic rings. The van der Waals surface area contributed by atoms with Crippen molar-refractivity contribution in [3.05, 3.63) is 59.6 Å². The van der Waals surface area contributed by atoms with Gasteiger partial charge in [-0.25, -0.2) is 4.99 Å². The Bertz CT molecular complexity index is 584. The van der Waals surface area contributed by atoms with Crippen molar-refractivity contribution in [3.63, 3.8) is 0 Å². The minimum atomic E-state index is -0.0812. The molecule has 0 aliphatic heterocycles. The first-order valence-corrected chi connectivity index (χ1v) is 7.05. The Morgan fingerprint density at radius 1 is 1.19 bits per heavy atom. The van der Waals surface area contributed by atoms with Gasteiger partial charge in [0.1, 0.15) is 11.9 Å². The summed E-state index contributed by atoms with van der Waals surface area (Å²) in [6, 6.07) is 16.9. The van der Waals surface area contributed by atoms with Crippen LogP contribution in [0.1, 0.15) is 6.92 Å². The van der Waals surface area contributed by atoms with E-state index < -0.39 is 0 Å². The first-order valence-electron chi connectivity index (χ1n) is 6.67. The third-order valence-corrected chi connectivity index (χ3v) is 2.97. The molecule has 3 N–H and O–H groups in total. The van der Waals surface area contributed by atoms with E-state index in [-0.39, 0.29) is 6.10 Å². The molecule has 2 aromatic carbocycles. The SMILES string of the molecule is CC(CN=C(N)Nc1ccccc1)Oc1ccc(Cl)cc1. The molecule has 0 amide bonds. The molecule has 0 fully saturated rings. The summed E-state index contributed by atoms with van der Waals surface area (Å²) < 4.78 is 5.72. The Kier molecular flexibility index (Phi) is 5.46. The van der Waals surface area contributed by atoms with Gasteiger partial charge in [0.15, 0.2) is 5.96 Å². The molecule has 1 unspecified atom stereocenters. The molecular weight excluding hydrogens is 286 g/mol. The Morgan fingerprint density at radius 3 is 2.52 bits per heavy atom. The fraction of sp³-hybridized carbons (Fsp3) is 0.188. The Labute approximate surface area is 129 Å². The second-order valence-corrected chi connectivity index (χ2v) is 5.04. The minimum Gasteiger partial charge on any atom is -0.489 e. The second-order valence-electron chi connectivity index (χ2n) is 4.60. The van der Waals surface area contributed by atoms with E-state index >= 15 is 0 Å². The zero-order chi connectivity index (χ0) is 15.1. The lowest BCUT2D eigenvalue weighted by molar-refractivity contribution is 0.230. The van der Waals surface area contributed by atoms with E-state index in [1.54, 1.807) is 12.1 Å². The third-order valence-electron chi connectivity index (χ3n) is 2.72. The van der Waals surface area contributed by atoms with Crippen LogP contribution in [0.2, 0.25) is 5.02 Å². The quantitative estimate of drug-likeness (QED) is 0.656. The minimum absolute atomic E-state index is 0.0812. The molecule has 2 aromatic rings. The van der Waals surface area contributed by atoms with Gasteiger partial charge >= 0.3 is 0 Å². The summed E-state index contributed by atoms with van der Waals surface area (Å²) in [6.45, 7) is 2.40. The first kappa shape index (κ1) is 15.2. The van der Waals surface area contributed by atoms with Crippen LogP contribution < -0.4 is 15.8 Å². The predicted molar refractivity (Wildman–Crippen MR) is 88.1 cm³/mol. The van der Waals surface area contributed by atoms with E-state index in [1.807, 2.05) is 49.4 Å². The number of aliphatic imine (C=N–C) groups is 1. The number of hydrogen-bond donors (Lipinski definition) is 2. The summed E-state index contributed by atoms with van der Waals surface area (Å²) in [5, 5.41) is 3.71. The van der Waals surface area contributed by atoms with Gasteiger partial charge < -0.3 is 15.8 Å². The van der Waals surface area contributed by atoms with Crippen molar-refractivity contribution in [1.82, 2.24) is 0 Å². The number of para-hydroxylation sites is 1. The summed E-state index contributed by atoms with van der Waals surface area (Å²) in [5.41, 5.74) is 6.74. The number of ether oxygens (including phenoxy) is 1. The summed E-state index contributed by atoms with van der Waals surface area (Å²) in [5.74, 6) is 1.13. The molecule has 0 saturated carbocycles. The lowest BCUT2D eigenvalue weighted by Crippen LogP contribution is -2.25. The Balaban J connectivity index is 1.83. The lowest BCUT2D eigenvalue weighted by atomic mass is 10.3. The van der Waals surface area contributed by atoms with Crippen molar-refractivity contribution >= 4 is 23.2 Å². The number of anilines is 1. The fourth-order valence-electron chi connectivity index (χ4n) is 1.72. The van der Waals surface area contributed by atoms with Crippen molar-refractivity contribution in [2.45, 2.75) is 13.0 Å². The van der Waals surface area contributed by atoms with Crippen LogP contribution >= 0.6 is 11.6 Å². The van der Waals surface area contributed by atoms with Crippen LogP contribution in [0.3, 0.4) is 0 Å². The molecule has 21 heavy (non-hydrogen) atoms. The maximum absolute atomic E-state index is 5.83.